The lowest BCUT2D eigenvalue weighted by atomic mass is 10.1. The number of hydrogen-bond acceptors (Lipinski definition) is 5. The lowest BCUT2D eigenvalue weighted by Gasteiger charge is -2.14. The fraction of sp³-hybridized carbons (Fsp3) is 0.692. The third-order valence-electron chi connectivity index (χ3n) is 3.04. The van der Waals surface area contributed by atoms with Crippen molar-refractivity contribution in [2.24, 2.45) is 5.92 Å². The van der Waals surface area contributed by atoms with Crippen LogP contribution < -0.4 is 10.1 Å². The summed E-state index contributed by atoms with van der Waals surface area (Å²) in [7, 11) is 0. The number of aromatic nitrogens is 2. The Morgan fingerprint density at radius 2 is 2.22 bits per heavy atom. The van der Waals surface area contributed by atoms with Gasteiger partial charge >= 0.3 is 0 Å². The smallest absolute Gasteiger partial charge is 0.221 e. The predicted octanol–water partition coefficient (Wildman–Crippen LogP) is 1.94. The van der Waals surface area contributed by atoms with Crippen LogP contribution in [-0.2, 0) is 4.74 Å². The van der Waals surface area contributed by atoms with E-state index in [1.54, 1.807) is 0 Å². The molecule has 1 atom stereocenters. The second kappa shape index (κ2) is 6.00. The van der Waals surface area contributed by atoms with Gasteiger partial charge in [0, 0.05) is 19.1 Å². The van der Waals surface area contributed by atoms with E-state index in [1.807, 2.05) is 20.8 Å². The van der Waals surface area contributed by atoms with E-state index in [2.05, 4.69) is 15.3 Å². The maximum atomic E-state index is 5.82. The number of nitrogens with one attached hydrogen (secondary N) is 1. The van der Waals surface area contributed by atoms with Gasteiger partial charge in [-0.15, -0.1) is 0 Å². The largest absolute Gasteiger partial charge is 0.477 e. The zero-order valence-electron chi connectivity index (χ0n) is 11.3. The molecule has 1 aliphatic heterocycles. The summed E-state index contributed by atoms with van der Waals surface area (Å²) in [5, 5.41) is 3.23. The molecule has 1 N–H and O–H groups in total. The molecule has 0 saturated carbocycles. The molecular formula is C13H21N3O2. The lowest BCUT2D eigenvalue weighted by Crippen LogP contribution is -2.14. The number of anilines is 1. The monoisotopic (exact) mass is 251 g/mol. The molecule has 0 aliphatic carbocycles. The fourth-order valence-electron chi connectivity index (χ4n) is 1.99. The van der Waals surface area contributed by atoms with Gasteiger partial charge in [0.15, 0.2) is 0 Å². The Hall–Kier alpha value is -1.36. The molecule has 0 amide bonds. The maximum Gasteiger partial charge on any atom is 0.221 e. The number of ether oxygens (including phenoxy) is 2. The van der Waals surface area contributed by atoms with Crippen LogP contribution in [0.4, 0.5) is 5.82 Å². The van der Waals surface area contributed by atoms with Gasteiger partial charge in [0.05, 0.1) is 18.8 Å². The molecule has 2 heterocycles. The van der Waals surface area contributed by atoms with Crippen molar-refractivity contribution in [3.05, 3.63) is 11.4 Å². The van der Waals surface area contributed by atoms with E-state index >= 15 is 0 Å². The topological polar surface area (TPSA) is 56.3 Å². The normalized spacial score (nSPS) is 18.9. The molecule has 1 aromatic heterocycles. The van der Waals surface area contributed by atoms with E-state index in [1.165, 1.54) is 0 Å². The number of hydrogen-bond donors (Lipinski definition) is 1. The first-order valence-electron chi connectivity index (χ1n) is 6.50. The Kier molecular flexibility index (Phi) is 4.36. The van der Waals surface area contributed by atoms with Crippen LogP contribution in [0.5, 0.6) is 5.88 Å². The van der Waals surface area contributed by atoms with Crippen molar-refractivity contribution in [2.45, 2.75) is 27.2 Å². The van der Waals surface area contributed by atoms with E-state index in [9.17, 15) is 0 Å². The van der Waals surface area contributed by atoms with Gasteiger partial charge in [-0.05, 0) is 27.2 Å². The van der Waals surface area contributed by atoms with Gasteiger partial charge < -0.3 is 14.8 Å². The van der Waals surface area contributed by atoms with Crippen LogP contribution in [0.1, 0.15) is 24.7 Å². The standard InChI is InChI=1S/C13H21N3O2/c1-4-14-12-9(2)13(16-10(3)15-12)18-8-11-5-6-17-7-11/h11H,4-8H2,1-3H3,(H,14,15,16). The Balaban J connectivity index is 2.06. The van der Waals surface area contributed by atoms with E-state index in [-0.39, 0.29) is 0 Å². The molecule has 2 rings (SSSR count). The minimum absolute atomic E-state index is 0.488. The molecule has 0 aromatic carbocycles. The van der Waals surface area contributed by atoms with Crippen LogP contribution in [-0.4, -0.2) is 36.3 Å². The van der Waals surface area contributed by atoms with Crippen molar-refractivity contribution >= 4 is 5.82 Å². The highest BCUT2D eigenvalue weighted by atomic mass is 16.5. The quantitative estimate of drug-likeness (QED) is 0.866. The average Bonchev–Trinajstić information content (AvgIpc) is 2.85. The molecule has 0 bridgehead atoms. The number of aryl methyl sites for hydroxylation is 1. The molecule has 1 aliphatic rings. The zero-order valence-corrected chi connectivity index (χ0v) is 11.3. The van der Waals surface area contributed by atoms with Crippen molar-refractivity contribution in [2.75, 3.05) is 31.7 Å². The molecule has 1 unspecified atom stereocenters. The minimum Gasteiger partial charge on any atom is -0.477 e. The summed E-state index contributed by atoms with van der Waals surface area (Å²) in [6.45, 7) is 9.06. The molecule has 1 saturated heterocycles. The van der Waals surface area contributed by atoms with Crippen LogP contribution in [0.2, 0.25) is 0 Å². The third-order valence-corrected chi connectivity index (χ3v) is 3.04. The van der Waals surface area contributed by atoms with E-state index in [4.69, 9.17) is 9.47 Å². The van der Waals surface area contributed by atoms with E-state index < -0.39 is 0 Å². The molecule has 18 heavy (non-hydrogen) atoms. The molecule has 0 radical (unpaired) electrons. The van der Waals surface area contributed by atoms with Gasteiger partial charge in [0.2, 0.25) is 5.88 Å². The molecule has 100 valence electrons. The highest BCUT2D eigenvalue weighted by Crippen LogP contribution is 2.23. The molecule has 1 fully saturated rings. The van der Waals surface area contributed by atoms with Gasteiger partial charge in [0.25, 0.3) is 0 Å². The third kappa shape index (κ3) is 3.10. The molecular weight excluding hydrogens is 230 g/mol. The summed E-state index contributed by atoms with van der Waals surface area (Å²) in [6, 6.07) is 0. The Labute approximate surface area is 108 Å². The first-order chi connectivity index (χ1) is 8.70. The second-order valence-electron chi connectivity index (χ2n) is 4.62. The first-order valence-corrected chi connectivity index (χ1v) is 6.50. The van der Waals surface area contributed by atoms with E-state index in [0.717, 1.165) is 43.4 Å². The van der Waals surface area contributed by atoms with Crippen molar-refractivity contribution in [3.63, 3.8) is 0 Å². The Bertz CT molecular complexity index is 403. The van der Waals surface area contributed by atoms with Gasteiger partial charge in [-0.3, -0.25) is 0 Å². The number of nitrogens with zero attached hydrogens (tertiary/aromatic N) is 2. The SMILES string of the molecule is CCNc1nc(C)nc(OCC2CCOC2)c1C. The highest BCUT2D eigenvalue weighted by Gasteiger charge is 2.18. The first kappa shape index (κ1) is 13.1. The average molecular weight is 251 g/mol. The van der Waals surface area contributed by atoms with Crippen LogP contribution in [0.25, 0.3) is 0 Å². The van der Waals surface area contributed by atoms with Crippen molar-refractivity contribution < 1.29 is 9.47 Å². The Morgan fingerprint density at radius 1 is 1.39 bits per heavy atom. The van der Waals surface area contributed by atoms with Crippen molar-refractivity contribution in [3.8, 4) is 5.88 Å². The van der Waals surface area contributed by atoms with Crippen LogP contribution in [0.15, 0.2) is 0 Å². The van der Waals surface area contributed by atoms with Crippen molar-refractivity contribution in [1.29, 1.82) is 0 Å². The summed E-state index contributed by atoms with van der Waals surface area (Å²) in [5.74, 6) is 2.77. The predicted molar refractivity (Wildman–Crippen MR) is 70.1 cm³/mol. The molecule has 5 heteroatoms. The molecule has 1 aromatic rings. The fourth-order valence-corrected chi connectivity index (χ4v) is 1.99. The Morgan fingerprint density at radius 3 is 2.89 bits per heavy atom. The van der Waals surface area contributed by atoms with Crippen LogP contribution >= 0.6 is 0 Å². The molecule has 5 nitrogen and oxygen atoms in total. The molecule has 0 spiro atoms. The highest BCUT2D eigenvalue weighted by molar-refractivity contribution is 5.48. The van der Waals surface area contributed by atoms with Crippen LogP contribution in [0, 0.1) is 19.8 Å². The summed E-state index contributed by atoms with van der Waals surface area (Å²) in [6.07, 6.45) is 1.07. The summed E-state index contributed by atoms with van der Waals surface area (Å²) >= 11 is 0. The zero-order chi connectivity index (χ0) is 13.0. The minimum atomic E-state index is 0.488. The van der Waals surface area contributed by atoms with Gasteiger partial charge in [0.1, 0.15) is 11.6 Å². The van der Waals surface area contributed by atoms with Crippen LogP contribution in [0.3, 0.4) is 0 Å². The second-order valence-corrected chi connectivity index (χ2v) is 4.62. The van der Waals surface area contributed by atoms with Crippen molar-refractivity contribution in [1.82, 2.24) is 9.97 Å². The summed E-state index contributed by atoms with van der Waals surface area (Å²) in [5.41, 5.74) is 0.973. The maximum absolute atomic E-state index is 5.82. The van der Waals surface area contributed by atoms with Gasteiger partial charge in [-0.1, -0.05) is 0 Å². The van der Waals surface area contributed by atoms with Gasteiger partial charge in [-0.25, -0.2) is 4.98 Å². The summed E-state index contributed by atoms with van der Waals surface area (Å²) < 4.78 is 11.2. The number of rotatable bonds is 5. The van der Waals surface area contributed by atoms with E-state index in [0.29, 0.717) is 18.4 Å². The van der Waals surface area contributed by atoms with Gasteiger partial charge in [-0.2, -0.15) is 4.98 Å². The summed E-state index contributed by atoms with van der Waals surface area (Å²) in [4.78, 5) is 8.74. The lowest BCUT2D eigenvalue weighted by molar-refractivity contribution is 0.165.